The second-order valence-electron chi connectivity index (χ2n) is 7.23. The van der Waals surface area contributed by atoms with Gasteiger partial charge in [-0.25, -0.2) is 0 Å². The van der Waals surface area contributed by atoms with Crippen molar-refractivity contribution in [3.63, 3.8) is 0 Å². The summed E-state index contributed by atoms with van der Waals surface area (Å²) in [6, 6.07) is 8.99. The first-order chi connectivity index (χ1) is 7.61. The zero-order chi connectivity index (χ0) is 13.3. The predicted octanol–water partition coefficient (Wildman–Crippen LogP) is 3.87. The summed E-state index contributed by atoms with van der Waals surface area (Å²) in [6.45, 7) is 10.9. The summed E-state index contributed by atoms with van der Waals surface area (Å²) in [5, 5.41) is 0. The van der Waals surface area contributed by atoms with E-state index in [0.29, 0.717) is 0 Å². The first-order valence-corrected chi connectivity index (χ1v) is 10.1. The Balaban J connectivity index is 3.08. The van der Waals surface area contributed by atoms with Gasteiger partial charge in [0.2, 0.25) is 0 Å². The number of hydrogen-bond acceptors (Lipinski definition) is 0. The molecular weight excluding hydrogens is 222 g/mol. The molecule has 1 atom stereocenters. The molecule has 0 radical (unpaired) electrons. The lowest BCUT2D eigenvalue weighted by Gasteiger charge is -2.30. The molecule has 1 unspecified atom stereocenters. The molecule has 0 bridgehead atoms. The van der Waals surface area contributed by atoms with Crippen LogP contribution >= 0.6 is 0 Å². The van der Waals surface area contributed by atoms with E-state index in [1.54, 1.807) is 5.56 Å². The van der Waals surface area contributed by atoms with Crippen LogP contribution in [0.15, 0.2) is 24.3 Å². The standard InChI is InChI=1S/C15H28NSi/c1-13(17(5,6)7)15-11-9-8-10-14(15)12-16(2,3)4/h8-11,13H,12H2,1-7H3/q+1. The zero-order valence-corrected chi connectivity index (χ0v) is 13.5. The number of benzene rings is 1. The molecule has 0 fully saturated rings. The molecule has 0 aliphatic rings. The quantitative estimate of drug-likeness (QED) is 0.562. The van der Waals surface area contributed by atoms with Gasteiger partial charge in [0.25, 0.3) is 0 Å². The van der Waals surface area contributed by atoms with Gasteiger partial charge in [-0.3, -0.25) is 0 Å². The van der Waals surface area contributed by atoms with Crippen LogP contribution in [0.1, 0.15) is 23.6 Å². The molecule has 1 aromatic rings. The molecule has 0 heterocycles. The van der Waals surface area contributed by atoms with Crippen LogP contribution in [0, 0.1) is 0 Å². The summed E-state index contributed by atoms with van der Waals surface area (Å²) in [7, 11) is 5.66. The third kappa shape index (κ3) is 4.28. The van der Waals surface area contributed by atoms with Crippen molar-refractivity contribution in [3.05, 3.63) is 35.4 Å². The highest BCUT2D eigenvalue weighted by Crippen LogP contribution is 2.29. The van der Waals surface area contributed by atoms with Gasteiger partial charge in [-0.2, -0.15) is 0 Å². The van der Waals surface area contributed by atoms with Gasteiger partial charge in [-0.05, 0) is 11.1 Å². The monoisotopic (exact) mass is 250 g/mol. The Kier molecular flexibility index (Phi) is 4.21. The van der Waals surface area contributed by atoms with Crippen LogP contribution < -0.4 is 0 Å². The van der Waals surface area contributed by atoms with E-state index in [1.807, 2.05) is 0 Å². The summed E-state index contributed by atoms with van der Waals surface area (Å²) in [5.41, 5.74) is 3.82. The first-order valence-electron chi connectivity index (χ1n) is 6.49. The van der Waals surface area contributed by atoms with Gasteiger partial charge >= 0.3 is 0 Å². The Morgan fingerprint density at radius 2 is 1.59 bits per heavy atom. The topological polar surface area (TPSA) is 0 Å². The van der Waals surface area contributed by atoms with E-state index in [-0.39, 0.29) is 0 Å². The number of quaternary nitrogens is 1. The maximum Gasteiger partial charge on any atom is 0.104 e. The van der Waals surface area contributed by atoms with Crippen molar-refractivity contribution in [2.75, 3.05) is 21.1 Å². The molecule has 1 nitrogen and oxygen atoms in total. The molecule has 0 amide bonds. The molecule has 0 spiro atoms. The van der Waals surface area contributed by atoms with E-state index in [9.17, 15) is 0 Å². The summed E-state index contributed by atoms with van der Waals surface area (Å²) in [4.78, 5) is 0. The fourth-order valence-corrected chi connectivity index (χ4v) is 3.29. The van der Waals surface area contributed by atoms with Gasteiger partial charge in [0.1, 0.15) is 6.54 Å². The smallest absolute Gasteiger partial charge is 0.104 e. The second-order valence-corrected chi connectivity index (χ2v) is 12.8. The van der Waals surface area contributed by atoms with Crippen molar-refractivity contribution >= 4 is 8.07 Å². The normalized spacial score (nSPS) is 14.8. The van der Waals surface area contributed by atoms with Crippen molar-refractivity contribution in [2.45, 2.75) is 38.7 Å². The molecule has 0 aliphatic carbocycles. The molecule has 0 saturated heterocycles. The van der Waals surface area contributed by atoms with E-state index in [0.717, 1.165) is 16.6 Å². The van der Waals surface area contributed by atoms with Gasteiger partial charge in [0.05, 0.1) is 29.2 Å². The fraction of sp³-hybridized carbons (Fsp3) is 0.600. The van der Waals surface area contributed by atoms with Crippen LogP contribution in [0.4, 0.5) is 0 Å². The predicted molar refractivity (Wildman–Crippen MR) is 79.9 cm³/mol. The van der Waals surface area contributed by atoms with E-state index in [2.05, 4.69) is 72.0 Å². The van der Waals surface area contributed by atoms with E-state index in [4.69, 9.17) is 0 Å². The van der Waals surface area contributed by atoms with Crippen LogP contribution in [0.25, 0.3) is 0 Å². The van der Waals surface area contributed by atoms with E-state index in [1.165, 1.54) is 5.56 Å². The third-order valence-electron chi connectivity index (χ3n) is 3.47. The lowest BCUT2D eigenvalue weighted by Crippen LogP contribution is -2.35. The van der Waals surface area contributed by atoms with Crippen molar-refractivity contribution < 1.29 is 4.48 Å². The first kappa shape index (κ1) is 14.5. The Morgan fingerprint density at radius 1 is 1.06 bits per heavy atom. The van der Waals surface area contributed by atoms with Gasteiger partial charge < -0.3 is 4.48 Å². The Bertz CT molecular complexity index is 371. The molecule has 0 aromatic heterocycles. The maximum atomic E-state index is 2.46. The van der Waals surface area contributed by atoms with Gasteiger partial charge in [0.15, 0.2) is 0 Å². The fourth-order valence-electron chi connectivity index (χ4n) is 2.08. The SMILES string of the molecule is CC(c1ccccc1C[N+](C)(C)C)[Si](C)(C)C. The van der Waals surface area contributed by atoms with E-state index < -0.39 is 8.07 Å². The van der Waals surface area contributed by atoms with Crippen molar-refractivity contribution in [2.24, 2.45) is 0 Å². The van der Waals surface area contributed by atoms with Crippen molar-refractivity contribution in [1.82, 2.24) is 0 Å². The highest BCUT2D eigenvalue weighted by atomic mass is 28.3. The van der Waals surface area contributed by atoms with Gasteiger partial charge in [0, 0.05) is 5.56 Å². The Hall–Kier alpha value is -0.603. The number of hydrogen-bond donors (Lipinski definition) is 0. The zero-order valence-electron chi connectivity index (χ0n) is 12.5. The average Bonchev–Trinajstić information content (AvgIpc) is 2.13. The summed E-state index contributed by atoms with van der Waals surface area (Å²) in [6.07, 6.45) is 0. The molecule has 0 aliphatic heterocycles. The van der Waals surface area contributed by atoms with Crippen LogP contribution in [-0.2, 0) is 6.54 Å². The maximum absolute atomic E-state index is 2.46. The van der Waals surface area contributed by atoms with Crippen molar-refractivity contribution in [3.8, 4) is 0 Å². The lowest BCUT2D eigenvalue weighted by atomic mass is 10.0. The summed E-state index contributed by atoms with van der Waals surface area (Å²) >= 11 is 0. The molecule has 17 heavy (non-hydrogen) atoms. The van der Waals surface area contributed by atoms with E-state index >= 15 is 0 Å². The minimum absolute atomic E-state index is 0.727. The minimum atomic E-state index is -1.12. The average molecular weight is 250 g/mol. The molecule has 1 aromatic carbocycles. The molecule has 2 heteroatoms. The van der Waals surface area contributed by atoms with Crippen LogP contribution in [0.2, 0.25) is 19.6 Å². The molecular formula is C15H28NSi+. The summed E-state index contributed by atoms with van der Waals surface area (Å²) < 4.78 is 0.995. The minimum Gasteiger partial charge on any atom is -0.327 e. The van der Waals surface area contributed by atoms with Gasteiger partial charge in [-0.1, -0.05) is 50.8 Å². The molecule has 1 rings (SSSR count). The Labute approximate surface area is 108 Å². The lowest BCUT2D eigenvalue weighted by molar-refractivity contribution is -0.884. The third-order valence-corrected chi connectivity index (χ3v) is 6.37. The molecule has 0 N–H and O–H groups in total. The van der Waals surface area contributed by atoms with Crippen LogP contribution in [0.3, 0.4) is 0 Å². The van der Waals surface area contributed by atoms with Crippen molar-refractivity contribution in [1.29, 1.82) is 0 Å². The number of nitrogens with zero attached hydrogens (tertiary/aromatic N) is 1. The second kappa shape index (κ2) is 4.95. The Morgan fingerprint density at radius 3 is 2.06 bits per heavy atom. The summed E-state index contributed by atoms with van der Waals surface area (Å²) in [5.74, 6) is 0. The number of rotatable bonds is 4. The molecule has 0 saturated carbocycles. The highest BCUT2D eigenvalue weighted by Gasteiger charge is 2.26. The highest BCUT2D eigenvalue weighted by molar-refractivity contribution is 6.77. The van der Waals surface area contributed by atoms with Gasteiger partial charge in [-0.15, -0.1) is 0 Å². The molecule has 96 valence electrons. The van der Waals surface area contributed by atoms with Crippen LogP contribution in [-0.4, -0.2) is 33.7 Å². The van der Waals surface area contributed by atoms with Crippen LogP contribution in [0.5, 0.6) is 0 Å². The largest absolute Gasteiger partial charge is 0.327 e.